The van der Waals surface area contributed by atoms with Gasteiger partial charge in [-0.25, -0.2) is 0 Å². The van der Waals surface area contributed by atoms with Crippen molar-refractivity contribution in [3.8, 4) is 0 Å². The maximum Gasteiger partial charge on any atom is 0.162 e. The van der Waals surface area contributed by atoms with Crippen molar-refractivity contribution < 1.29 is 9.59 Å². The van der Waals surface area contributed by atoms with Crippen LogP contribution in [0.4, 0.5) is 0 Å². The molecule has 0 radical (unpaired) electrons. The third kappa shape index (κ3) is 1.69. The molecule has 0 aliphatic carbocycles. The van der Waals surface area contributed by atoms with E-state index in [1.807, 2.05) is 0 Å². The number of allylic oxidation sites excluding steroid dienone is 2. The molecular weight excluding hydrogens is 104 g/mol. The summed E-state index contributed by atoms with van der Waals surface area (Å²) in [7, 11) is 0. The van der Waals surface area contributed by atoms with Gasteiger partial charge in [0.15, 0.2) is 12.1 Å². The highest BCUT2D eigenvalue weighted by atomic mass is 16.1. The molecule has 0 aromatic carbocycles. The molecule has 0 spiro atoms. The first-order chi connectivity index (χ1) is 3.72. The smallest absolute Gasteiger partial charge is 0.162 e. The van der Waals surface area contributed by atoms with Crippen molar-refractivity contribution in [2.24, 2.45) is 0 Å². The van der Waals surface area contributed by atoms with E-state index in [0.29, 0.717) is 6.29 Å². The Morgan fingerprint density at radius 3 is 2.00 bits per heavy atom. The first kappa shape index (κ1) is 7.08. The number of hydrogen-bond acceptors (Lipinski definition) is 2. The summed E-state index contributed by atoms with van der Waals surface area (Å²) in [6.45, 7) is 3.02. The highest BCUT2D eigenvalue weighted by Crippen LogP contribution is 1.88. The second kappa shape index (κ2) is 3.13. The van der Waals surface area contributed by atoms with Crippen LogP contribution in [0.25, 0.3) is 0 Å². The van der Waals surface area contributed by atoms with E-state index in [1.165, 1.54) is 13.0 Å². The number of aldehydes is 1. The molecule has 0 amide bonds. The summed E-state index contributed by atoms with van der Waals surface area (Å²) in [6.07, 6.45) is 2.05. The van der Waals surface area contributed by atoms with Crippen LogP contribution in [-0.2, 0) is 9.59 Å². The molecule has 0 fully saturated rings. The van der Waals surface area contributed by atoms with E-state index >= 15 is 0 Å². The van der Waals surface area contributed by atoms with Crippen LogP contribution in [0.1, 0.15) is 13.8 Å². The van der Waals surface area contributed by atoms with Gasteiger partial charge in [-0.05, 0) is 13.8 Å². The van der Waals surface area contributed by atoms with E-state index in [4.69, 9.17) is 0 Å². The zero-order valence-electron chi connectivity index (χ0n) is 4.97. The summed E-state index contributed by atoms with van der Waals surface area (Å²) >= 11 is 0. The third-order valence-corrected chi connectivity index (χ3v) is 0.844. The summed E-state index contributed by atoms with van der Waals surface area (Å²) in [5.41, 5.74) is 0.241. The molecule has 0 aliphatic rings. The molecule has 2 nitrogen and oxygen atoms in total. The summed E-state index contributed by atoms with van der Waals surface area (Å²) in [5.74, 6) is -0.178. The van der Waals surface area contributed by atoms with Gasteiger partial charge in [-0.15, -0.1) is 0 Å². The summed E-state index contributed by atoms with van der Waals surface area (Å²) in [4.78, 5) is 20.2. The van der Waals surface area contributed by atoms with Crippen molar-refractivity contribution >= 4 is 12.1 Å². The van der Waals surface area contributed by atoms with Crippen LogP contribution < -0.4 is 0 Å². The number of Topliss-reactive ketones (excluding diaryl/α,β-unsaturated/α-hetero) is 1. The molecule has 0 aliphatic heterocycles. The number of hydrogen-bond donors (Lipinski definition) is 0. The van der Waals surface area contributed by atoms with E-state index in [2.05, 4.69) is 0 Å². The fourth-order valence-electron chi connectivity index (χ4n) is 0.354. The van der Waals surface area contributed by atoms with Crippen molar-refractivity contribution in [3.63, 3.8) is 0 Å². The summed E-state index contributed by atoms with van der Waals surface area (Å²) < 4.78 is 0. The molecule has 0 atom stereocenters. The molecular formula is C6H8O2. The summed E-state index contributed by atoms with van der Waals surface area (Å²) in [5, 5.41) is 0. The molecule has 0 heterocycles. The van der Waals surface area contributed by atoms with Gasteiger partial charge in [0.25, 0.3) is 0 Å². The summed E-state index contributed by atoms with van der Waals surface area (Å²) in [6, 6.07) is 0. The average Bonchev–Trinajstić information content (AvgIpc) is 1.69. The lowest BCUT2D eigenvalue weighted by atomic mass is 10.2. The highest BCUT2D eigenvalue weighted by Gasteiger charge is 1.96. The van der Waals surface area contributed by atoms with E-state index in [-0.39, 0.29) is 11.4 Å². The number of carbonyl (C=O) groups excluding carboxylic acids is 2. The van der Waals surface area contributed by atoms with Crippen molar-refractivity contribution in [3.05, 3.63) is 11.6 Å². The van der Waals surface area contributed by atoms with E-state index in [1.54, 1.807) is 6.92 Å². The van der Waals surface area contributed by atoms with Crippen LogP contribution in [0.3, 0.4) is 0 Å². The lowest BCUT2D eigenvalue weighted by Crippen LogP contribution is -1.95. The Morgan fingerprint density at radius 2 is 2.00 bits per heavy atom. The number of carbonyl (C=O) groups is 2. The molecule has 0 N–H and O–H groups in total. The van der Waals surface area contributed by atoms with Crippen LogP contribution in [-0.4, -0.2) is 12.1 Å². The highest BCUT2D eigenvalue weighted by molar-refractivity contribution is 6.10. The Balaban J connectivity index is 4.13. The number of ketones is 1. The molecule has 0 saturated heterocycles. The SMILES string of the molecule is C/C=C(\C=O)C(C)=O. The Labute approximate surface area is 48.2 Å². The van der Waals surface area contributed by atoms with Crippen LogP contribution in [0.2, 0.25) is 0 Å². The first-order valence-electron chi connectivity index (χ1n) is 2.34. The maximum atomic E-state index is 10.3. The molecule has 44 valence electrons. The molecule has 0 saturated carbocycles. The van der Waals surface area contributed by atoms with Crippen LogP contribution in [0.5, 0.6) is 0 Å². The Hall–Kier alpha value is -0.920. The van der Waals surface area contributed by atoms with Gasteiger partial charge >= 0.3 is 0 Å². The molecule has 0 aromatic rings. The zero-order valence-corrected chi connectivity index (χ0v) is 4.97. The standard InChI is InChI=1S/C6H8O2/c1-3-6(4-7)5(2)8/h3-4H,1-2H3/b6-3+. The van der Waals surface area contributed by atoms with E-state index in [9.17, 15) is 9.59 Å². The molecule has 2 heteroatoms. The first-order valence-corrected chi connectivity index (χ1v) is 2.34. The van der Waals surface area contributed by atoms with E-state index < -0.39 is 0 Å². The molecule has 8 heavy (non-hydrogen) atoms. The lowest BCUT2D eigenvalue weighted by molar-refractivity contribution is -0.115. The minimum atomic E-state index is -0.178. The second-order valence-electron chi connectivity index (χ2n) is 1.42. The maximum absolute atomic E-state index is 10.3. The van der Waals surface area contributed by atoms with Crippen molar-refractivity contribution in [1.82, 2.24) is 0 Å². The van der Waals surface area contributed by atoms with Gasteiger partial charge in [-0.3, -0.25) is 9.59 Å². The second-order valence-corrected chi connectivity index (χ2v) is 1.42. The monoisotopic (exact) mass is 112 g/mol. The van der Waals surface area contributed by atoms with Crippen LogP contribution in [0.15, 0.2) is 11.6 Å². The predicted molar refractivity (Wildman–Crippen MR) is 30.5 cm³/mol. The van der Waals surface area contributed by atoms with Gasteiger partial charge in [0.1, 0.15) is 0 Å². The van der Waals surface area contributed by atoms with Crippen molar-refractivity contribution in [2.45, 2.75) is 13.8 Å². The minimum absolute atomic E-state index is 0.178. The lowest BCUT2D eigenvalue weighted by Gasteiger charge is -1.84. The zero-order chi connectivity index (χ0) is 6.57. The van der Waals surface area contributed by atoms with E-state index in [0.717, 1.165) is 0 Å². The van der Waals surface area contributed by atoms with Gasteiger partial charge in [0, 0.05) is 0 Å². The molecule has 0 rings (SSSR count). The molecule has 0 bridgehead atoms. The van der Waals surface area contributed by atoms with Crippen molar-refractivity contribution in [1.29, 1.82) is 0 Å². The fraction of sp³-hybridized carbons (Fsp3) is 0.333. The number of rotatable bonds is 2. The Morgan fingerprint density at radius 1 is 1.50 bits per heavy atom. The average molecular weight is 112 g/mol. The minimum Gasteiger partial charge on any atom is -0.298 e. The van der Waals surface area contributed by atoms with Gasteiger partial charge in [0.05, 0.1) is 5.57 Å². The fourth-order valence-corrected chi connectivity index (χ4v) is 0.354. The Kier molecular flexibility index (Phi) is 2.77. The van der Waals surface area contributed by atoms with Crippen LogP contribution >= 0.6 is 0 Å². The normalized spacial score (nSPS) is 11.0. The van der Waals surface area contributed by atoms with Gasteiger partial charge in [-0.1, -0.05) is 6.08 Å². The quantitative estimate of drug-likeness (QED) is 0.228. The van der Waals surface area contributed by atoms with Gasteiger partial charge in [-0.2, -0.15) is 0 Å². The third-order valence-electron chi connectivity index (χ3n) is 0.844. The topological polar surface area (TPSA) is 34.1 Å². The Bertz CT molecular complexity index is 133. The largest absolute Gasteiger partial charge is 0.298 e. The van der Waals surface area contributed by atoms with Crippen molar-refractivity contribution in [2.75, 3.05) is 0 Å². The predicted octanol–water partition coefficient (Wildman–Crippen LogP) is 0.721. The van der Waals surface area contributed by atoms with Gasteiger partial charge < -0.3 is 0 Å². The van der Waals surface area contributed by atoms with Crippen LogP contribution in [0, 0.1) is 0 Å². The van der Waals surface area contributed by atoms with Gasteiger partial charge in [0.2, 0.25) is 0 Å². The molecule has 0 aromatic heterocycles. The molecule has 0 unspecified atom stereocenters.